The fourth-order valence-electron chi connectivity index (χ4n) is 8.54. The van der Waals surface area contributed by atoms with Crippen LogP contribution in [0.4, 0.5) is 0 Å². The van der Waals surface area contributed by atoms with Gasteiger partial charge in [0.25, 0.3) is 7.82 Å². The molecule has 0 heterocycles. The van der Waals surface area contributed by atoms with Crippen LogP contribution in [0, 0.1) is 0 Å². The zero-order valence-corrected chi connectivity index (χ0v) is 46.0. The molecular weight excluding hydrogens is 852 g/mol. The van der Waals surface area contributed by atoms with Gasteiger partial charge in [-0.05, 0) is 51.4 Å². The number of unbranched alkanes of at least 4 members (excludes halogenated alkanes) is 36. The number of allylic oxidation sites excluding steroid dienone is 5. The molecule has 396 valence electrons. The van der Waals surface area contributed by atoms with E-state index in [2.05, 4.69) is 43.5 Å². The van der Waals surface area contributed by atoms with Gasteiger partial charge >= 0.3 is 0 Å². The second-order valence-electron chi connectivity index (χ2n) is 21.0. The van der Waals surface area contributed by atoms with Gasteiger partial charge in [-0.2, -0.15) is 0 Å². The summed E-state index contributed by atoms with van der Waals surface area (Å²) in [5, 5.41) is 13.9. The highest BCUT2D eigenvalue weighted by Gasteiger charge is 2.23. The van der Waals surface area contributed by atoms with Crippen molar-refractivity contribution >= 4 is 13.7 Å². The first-order valence-corrected chi connectivity index (χ1v) is 30.3. The summed E-state index contributed by atoms with van der Waals surface area (Å²) >= 11 is 0. The van der Waals surface area contributed by atoms with Crippen molar-refractivity contribution in [2.45, 2.75) is 289 Å². The Balaban J connectivity index is 4.19. The summed E-state index contributed by atoms with van der Waals surface area (Å²) in [6.07, 6.45) is 63.6. The number of aliphatic hydroxyl groups excluding tert-OH is 1. The highest BCUT2D eigenvalue weighted by Crippen LogP contribution is 2.38. The Hall–Kier alpha value is -1.28. The molecule has 0 radical (unpaired) electrons. The van der Waals surface area contributed by atoms with Crippen molar-refractivity contribution in [1.29, 1.82) is 0 Å². The number of hydrogen-bond acceptors (Lipinski definition) is 6. The van der Waals surface area contributed by atoms with E-state index in [4.69, 9.17) is 9.05 Å². The van der Waals surface area contributed by atoms with Crippen LogP contribution < -0.4 is 10.2 Å². The Bertz CT molecular complexity index is 1190. The van der Waals surface area contributed by atoms with Crippen LogP contribution in [0.15, 0.2) is 36.5 Å². The van der Waals surface area contributed by atoms with Crippen LogP contribution in [0.2, 0.25) is 0 Å². The average molecular weight is 966 g/mol. The second-order valence-corrected chi connectivity index (χ2v) is 22.4. The van der Waals surface area contributed by atoms with Crippen molar-refractivity contribution in [2.75, 3.05) is 40.9 Å². The molecule has 67 heavy (non-hydrogen) atoms. The fraction of sp³-hybridized carbons (Fsp3) is 0.879. The summed E-state index contributed by atoms with van der Waals surface area (Å²) < 4.78 is 23.3. The monoisotopic (exact) mass is 965 g/mol. The van der Waals surface area contributed by atoms with E-state index in [1.165, 1.54) is 205 Å². The zero-order valence-electron chi connectivity index (χ0n) is 45.1. The molecule has 0 aliphatic heterocycles. The molecule has 9 heteroatoms. The third-order valence-electron chi connectivity index (χ3n) is 13.1. The van der Waals surface area contributed by atoms with Gasteiger partial charge < -0.3 is 28.8 Å². The lowest BCUT2D eigenvalue weighted by molar-refractivity contribution is -0.870. The number of amides is 1. The van der Waals surface area contributed by atoms with E-state index < -0.39 is 20.0 Å². The summed E-state index contributed by atoms with van der Waals surface area (Å²) in [5.74, 6) is -0.203. The normalized spacial score (nSPS) is 14.2. The maximum Gasteiger partial charge on any atom is 0.268 e. The van der Waals surface area contributed by atoms with Gasteiger partial charge in [0.05, 0.1) is 39.9 Å². The molecule has 2 N–H and O–H groups in total. The molecule has 0 rings (SSSR count). The molecule has 0 aliphatic carbocycles. The molecule has 0 aliphatic rings. The third kappa shape index (κ3) is 52.4. The van der Waals surface area contributed by atoms with E-state index in [-0.39, 0.29) is 19.1 Å². The van der Waals surface area contributed by atoms with Crippen molar-refractivity contribution in [3.63, 3.8) is 0 Å². The minimum Gasteiger partial charge on any atom is -0.756 e. The Morgan fingerprint density at radius 3 is 1.25 bits per heavy atom. The molecule has 0 bridgehead atoms. The Labute approximate surface area is 417 Å². The third-order valence-corrected chi connectivity index (χ3v) is 14.1. The number of aliphatic hydroxyl groups is 1. The lowest BCUT2D eigenvalue weighted by Gasteiger charge is -2.29. The topological polar surface area (TPSA) is 108 Å². The molecule has 0 aromatic heterocycles. The first-order valence-electron chi connectivity index (χ1n) is 28.9. The predicted molar refractivity (Wildman–Crippen MR) is 288 cm³/mol. The Morgan fingerprint density at radius 2 is 0.866 bits per heavy atom. The number of carbonyl (C=O) groups is 1. The maximum absolute atomic E-state index is 12.9. The number of rotatable bonds is 53. The van der Waals surface area contributed by atoms with E-state index in [0.717, 1.165) is 51.4 Å². The van der Waals surface area contributed by atoms with Crippen LogP contribution in [0.5, 0.6) is 0 Å². The smallest absolute Gasteiger partial charge is 0.268 e. The van der Waals surface area contributed by atoms with Gasteiger partial charge in [0.2, 0.25) is 5.91 Å². The fourth-order valence-corrected chi connectivity index (χ4v) is 9.26. The molecule has 0 saturated carbocycles. The number of nitrogens with zero attached hydrogens (tertiary/aromatic N) is 1. The predicted octanol–water partition coefficient (Wildman–Crippen LogP) is 16.7. The summed E-state index contributed by atoms with van der Waals surface area (Å²) in [7, 11) is 1.26. The number of hydrogen-bond donors (Lipinski definition) is 2. The molecule has 0 aromatic rings. The van der Waals surface area contributed by atoms with Crippen molar-refractivity contribution < 1.29 is 32.9 Å². The van der Waals surface area contributed by atoms with E-state index in [1.807, 2.05) is 27.2 Å². The average Bonchev–Trinajstić information content (AvgIpc) is 3.29. The van der Waals surface area contributed by atoms with Gasteiger partial charge in [0.15, 0.2) is 0 Å². The molecule has 0 saturated heterocycles. The molecule has 0 spiro atoms. The van der Waals surface area contributed by atoms with Gasteiger partial charge in [-0.15, -0.1) is 0 Å². The second kappa shape index (κ2) is 49.7. The van der Waals surface area contributed by atoms with Gasteiger partial charge in [0.1, 0.15) is 13.2 Å². The van der Waals surface area contributed by atoms with Gasteiger partial charge in [-0.25, -0.2) is 0 Å². The van der Waals surface area contributed by atoms with Crippen LogP contribution in [0.1, 0.15) is 277 Å². The summed E-state index contributed by atoms with van der Waals surface area (Å²) in [4.78, 5) is 25.5. The summed E-state index contributed by atoms with van der Waals surface area (Å²) in [5.41, 5.74) is 0. The summed E-state index contributed by atoms with van der Waals surface area (Å²) in [6, 6.07) is -0.891. The Morgan fingerprint density at radius 1 is 0.522 bits per heavy atom. The number of phosphoric acid groups is 1. The van der Waals surface area contributed by atoms with Crippen molar-refractivity contribution in [1.82, 2.24) is 5.32 Å². The largest absolute Gasteiger partial charge is 0.756 e. The van der Waals surface area contributed by atoms with Gasteiger partial charge in [-0.1, -0.05) is 256 Å². The molecular formula is C58H113N2O6P. The number of phosphoric ester groups is 1. The first kappa shape index (κ1) is 65.7. The van der Waals surface area contributed by atoms with E-state index in [9.17, 15) is 19.4 Å². The molecule has 3 atom stereocenters. The summed E-state index contributed by atoms with van der Waals surface area (Å²) in [6.45, 7) is 4.66. The minimum absolute atomic E-state index is 0.00239. The number of nitrogens with one attached hydrogen (secondary N) is 1. The SMILES string of the molecule is CCCCCC/C=C\C/C=C\CCCCCCCCCC(=O)NC(COP(=O)([O-])OCC[N+](C)(C)C)C(O)/C=C/CCCCCCCCCCCCCCCCCCCCCCCCCCC. The Kier molecular flexibility index (Phi) is 48.7. The molecule has 0 fully saturated rings. The van der Waals surface area contributed by atoms with Crippen LogP contribution in [-0.4, -0.2) is 68.5 Å². The van der Waals surface area contributed by atoms with E-state index in [0.29, 0.717) is 17.4 Å². The van der Waals surface area contributed by atoms with Crippen molar-refractivity contribution in [2.24, 2.45) is 0 Å². The van der Waals surface area contributed by atoms with Crippen LogP contribution in [-0.2, 0) is 18.4 Å². The molecule has 3 unspecified atom stereocenters. The molecule has 8 nitrogen and oxygen atoms in total. The minimum atomic E-state index is -4.60. The van der Waals surface area contributed by atoms with Gasteiger partial charge in [0, 0.05) is 6.42 Å². The van der Waals surface area contributed by atoms with Crippen molar-refractivity contribution in [3.8, 4) is 0 Å². The van der Waals surface area contributed by atoms with Crippen molar-refractivity contribution in [3.05, 3.63) is 36.5 Å². The number of quaternary nitrogens is 1. The highest BCUT2D eigenvalue weighted by atomic mass is 31.2. The van der Waals surface area contributed by atoms with E-state index in [1.54, 1.807) is 6.08 Å². The van der Waals surface area contributed by atoms with Crippen LogP contribution >= 0.6 is 7.82 Å². The number of likely N-dealkylation sites (N-methyl/N-ethyl adjacent to an activating group) is 1. The highest BCUT2D eigenvalue weighted by molar-refractivity contribution is 7.45. The lowest BCUT2D eigenvalue weighted by atomic mass is 10.0. The standard InChI is InChI=1S/C58H113N2O6P/c1-6-8-10-12-14-16-18-20-22-24-26-27-28-29-30-31-32-33-34-35-37-39-41-43-45-47-49-51-57(61)56(55-66-67(63,64)65-54-53-60(3,4)5)59-58(62)52-50-48-46-44-42-40-38-36-25-23-21-19-17-15-13-11-9-7-2/h17,19,23,25,49,51,56-57,61H,6-16,18,20-22,24,26-48,50,52-55H2,1-5H3,(H-,59,62,63,64)/b19-17-,25-23-,51-49+. The van der Waals surface area contributed by atoms with Crippen LogP contribution in [0.25, 0.3) is 0 Å². The number of carbonyl (C=O) groups excluding carboxylic acids is 1. The molecule has 0 aromatic carbocycles. The van der Waals surface area contributed by atoms with Crippen LogP contribution in [0.3, 0.4) is 0 Å². The lowest BCUT2D eigenvalue weighted by Crippen LogP contribution is -2.45. The molecule has 1 amide bonds. The zero-order chi connectivity index (χ0) is 49.2. The van der Waals surface area contributed by atoms with Gasteiger partial charge in [-0.3, -0.25) is 9.36 Å². The quantitative estimate of drug-likeness (QED) is 0.0272. The maximum atomic E-state index is 12.9. The first-order chi connectivity index (χ1) is 32.5. The van der Waals surface area contributed by atoms with E-state index >= 15 is 0 Å².